The van der Waals surface area contributed by atoms with Crippen molar-refractivity contribution in [3.8, 4) is 18.1 Å². The summed E-state index contributed by atoms with van der Waals surface area (Å²) in [5.74, 6) is 2.06. The molecule has 122 valence electrons. The Kier molecular flexibility index (Phi) is 5.98. The molecule has 0 aliphatic rings. The summed E-state index contributed by atoms with van der Waals surface area (Å²) < 4.78 is 0. The number of para-hydroxylation sites is 1. The molecular weight excluding hydrogens is 304 g/mol. The van der Waals surface area contributed by atoms with Gasteiger partial charge in [-0.2, -0.15) is 0 Å². The third-order valence-corrected chi connectivity index (χ3v) is 3.37. The number of carbonyl (C=O) groups is 2. The van der Waals surface area contributed by atoms with E-state index in [1.807, 2.05) is 0 Å². The fourth-order valence-electron chi connectivity index (χ4n) is 2.13. The Bertz CT molecular complexity index is 778. The first-order valence-corrected chi connectivity index (χ1v) is 7.48. The second-order valence-corrected chi connectivity index (χ2v) is 5.18. The standard InChI is InChI=1S/C19H18N2O3/c1-2-14-6-5-8-16(12-14)21-19(24)13-20-18(23)11-10-15-7-3-4-9-17(15)22/h1,3-9,12,22H,10-11,13H2,(H,20,23)(H,21,24). The van der Waals surface area contributed by atoms with Gasteiger partial charge in [0.25, 0.3) is 0 Å². The zero-order valence-corrected chi connectivity index (χ0v) is 13.1. The largest absolute Gasteiger partial charge is 0.508 e. The lowest BCUT2D eigenvalue weighted by atomic mass is 10.1. The van der Waals surface area contributed by atoms with Gasteiger partial charge in [-0.05, 0) is 36.2 Å². The van der Waals surface area contributed by atoms with Gasteiger partial charge in [-0.25, -0.2) is 0 Å². The van der Waals surface area contributed by atoms with Crippen LogP contribution in [0.5, 0.6) is 5.75 Å². The number of aromatic hydroxyl groups is 1. The van der Waals surface area contributed by atoms with Gasteiger partial charge in [-0.1, -0.05) is 30.2 Å². The molecule has 0 radical (unpaired) electrons. The lowest BCUT2D eigenvalue weighted by Crippen LogP contribution is -2.32. The van der Waals surface area contributed by atoms with Gasteiger partial charge >= 0.3 is 0 Å². The average Bonchev–Trinajstić information content (AvgIpc) is 2.59. The summed E-state index contributed by atoms with van der Waals surface area (Å²) in [6, 6.07) is 13.8. The van der Waals surface area contributed by atoms with Crippen LogP contribution in [-0.4, -0.2) is 23.5 Å². The summed E-state index contributed by atoms with van der Waals surface area (Å²) >= 11 is 0. The van der Waals surface area contributed by atoms with E-state index in [1.54, 1.807) is 48.5 Å². The van der Waals surface area contributed by atoms with Crippen molar-refractivity contribution in [2.45, 2.75) is 12.8 Å². The summed E-state index contributed by atoms with van der Waals surface area (Å²) in [5.41, 5.74) is 1.95. The highest BCUT2D eigenvalue weighted by Crippen LogP contribution is 2.17. The minimum absolute atomic E-state index is 0.125. The molecule has 3 N–H and O–H groups in total. The predicted molar refractivity (Wildman–Crippen MR) is 92.4 cm³/mol. The molecule has 2 aromatic rings. The second kappa shape index (κ2) is 8.39. The number of phenolic OH excluding ortho intramolecular Hbond substituents is 1. The Hall–Kier alpha value is -3.26. The molecule has 2 aromatic carbocycles. The zero-order valence-electron chi connectivity index (χ0n) is 13.1. The number of benzene rings is 2. The Labute approximate surface area is 140 Å². The molecule has 0 fully saturated rings. The van der Waals surface area contributed by atoms with Gasteiger partial charge in [-0.15, -0.1) is 6.42 Å². The van der Waals surface area contributed by atoms with Crippen LogP contribution in [-0.2, 0) is 16.0 Å². The monoisotopic (exact) mass is 322 g/mol. The van der Waals surface area contributed by atoms with Crippen molar-refractivity contribution < 1.29 is 14.7 Å². The van der Waals surface area contributed by atoms with Gasteiger partial charge in [0.05, 0.1) is 6.54 Å². The SMILES string of the molecule is C#Cc1cccc(NC(=O)CNC(=O)CCc2ccccc2O)c1. The predicted octanol–water partition coefficient (Wildman–Crippen LogP) is 2.06. The average molecular weight is 322 g/mol. The van der Waals surface area contributed by atoms with Gasteiger partial charge in [0.15, 0.2) is 0 Å². The van der Waals surface area contributed by atoms with Crippen molar-refractivity contribution >= 4 is 17.5 Å². The summed E-state index contributed by atoms with van der Waals surface area (Å²) in [7, 11) is 0. The summed E-state index contributed by atoms with van der Waals surface area (Å²) in [6.07, 6.45) is 5.90. The van der Waals surface area contributed by atoms with Crippen molar-refractivity contribution in [3.05, 3.63) is 59.7 Å². The molecular formula is C19H18N2O3. The quantitative estimate of drug-likeness (QED) is 0.712. The van der Waals surface area contributed by atoms with Crippen LogP contribution in [0.25, 0.3) is 0 Å². The topological polar surface area (TPSA) is 78.4 Å². The molecule has 2 amide bonds. The number of nitrogens with one attached hydrogen (secondary N) is 2. The number of hydrogen-bond donors (Lipinski definition) is 3. The van der Waals surface area contributed by atoms with Gasteiger partial charge in [0, 0.05) is 17.7 Å². The minimum Gasteiger partial charge on any atom is -0.508 e. The molecule has 5 heteroatoms. The van der Waals surface area contributed by atoms with Crippen LogP contribution in [0.4, 0.5) is 5.69 Å². The van der Waals surface area contributed by atoms with E-state index in [1.165, 1.54) is 0 Å². The van der Waals surface area contributed by atoms with Crippen molar-refractivity contribution in [2.24, 2.45) is 0 Å². The first kappa shape index (κ1) is 17.1. The number of carbonyl (C=O) groups excluding carboxylic acids is 2. The van der Waals surface area contributed by atoms with Crippen LogP contribution in [0.2, 0.25) is 0 Å². The maximum Gasteiger partial charge on any atom is 0.243 e. The van der Waals surface area contributed by atoms with E-state index in [9.17, 15) is 14.7 Å². The third kappa shape index (κ3) is 5.18. The third-order valence-electron chi connectivity index (χ3n) is 3.37. The first-order valence-electron chi connectivity index (χ1n) is 7.48. The van der Waals surface area contributed by atoms with E-state index < -0.39 is 0 Å². The normalized spacial score (nSPS) is 9.79. The maximum atomic E-state index is 11.8. The van der Waals surface area contributed by atoms with Crippen LogP contribution in [0.1, 0.15) is 17.5 Å². The lowest BCUT2D eigenvalue weighted by molar-refractivity contribution is -0.124. The van der Waals surface area contributed by atoms with Gasteiger partial charge in [0.2, 0.25) is 11.8 Å². The Morgan fingerprint density at radius 2 is 1.88 bits per heavy atom. The van der Waals surface area contributed by atoms with Crippen molar-refractivity contribution in [3.63, 3.8) is 0 Å². The van der Waals surface area contributed by atoms with Crippen LogP contribution in [0.15, 0.2) is 48.5 Å². The van der Waals surface area contributed by atoms with Gasteiger partial charge in [0.1, 0.15) is 5.75 Å². The Morgan fingerprint density at radius 1 is 1.08 bits per heavy atom. The molecule has 0 saturated heterocycles. The van der Waals surface area contributed by atoms with E-state index in [2.05, 4.69) is 16.6 Å². The van der Waals surface area contributed by atoms with Crippen molar-refractivity contribution in [1.29, 1.82) is 0 Å². The summed E-state index contributed by atoms with van der Waals surface area (Å²) in [6.45, 7) is -0.125. The molecule has 0 spiro atoms. The number of hydrogen-bond acceptors (Lipinski definition) is 3. The number of anilines is 1. The minimum atomic E-state index is -0.333. The Morgan fingerprint density at radius 3 is 2.62 bits per heavy atom. The second-order valence-electron chi connectivity index (χ2n) is 5.18. The fraction of sp³-hybridized carbons (Fsp3) is 0.158. The van der Waals surface area contributed by atoms with Crippen LogP contribution in [0.3, 0.4) is 0 Å². The van der Waals surface area contributed by atoms with E-state index >= 15 is 0 Å². The van der Waals surface area contributed by atoms with Crippen molar-refractivity contribution in [2.75, 3.05) is 11.9 Å². The van der Waals surface area contributed by atoms with Crippen LogP contribution in [0, 0.1) is 12.3 Å². The molecule has 0 aliphatic heterocycles. The highest BCUT2D eigenvalue weighted by atomic mass is 16.3. The lowest BCUT2D eigenvalue weighted by Gasteiger charge is -2.08. The van der Waals surface area contributed by atoms with Crippen LogP contribution >= 0.6 is 0 Å². The number of rotatable bonds is 6. The highest BCUT2D eigenvalue weighted by Gasteiger charge is 2.08. The zero-order chi connectivity index (χ0) is 17.4. The summed E-state index contributed by atoms with van der Waals surface area (Å²) in [5, 5.41) is 14.9. The number of terminal acetylenes is 1. The highest BCUT2D eigenvalue weighted by molar-refractivity contribution is 5.94. The molecule has 0 aliphatic carbocycles. The van der Waals surface area contributed by atoms with E-state index in [-0.39, 0.29) is 30.5 Å². The summed E-state index contributed by atoms with van der Waals surface area (Å²) in [4.78, 5) is 23.6. The van der Waals surface area contributed by atoms with Crippen molar-refractivity contribution in [1.82, 2.24) is 5.32 Å². The molecule has 0 heterocycles. The number of aryl methyl sites for hydroxylation is 1. The maximum absolute atomic E-state index is 11.8. The van der Waals surface area contributed by atoms with E-state index in [0.717, 1.165) is 0 Å². The first-order chi connectivity index (χ1) is 11.6. The Balaban J connectivity index is 1.76. The van der Waals surface area contributed by atoms with E-state index in [4.69, 9.17) is 6.42 Å². The number of amides is 2. The van der Waals surface area contributed by atoms with Gasteiger partial charge < -0.3 is 15.7 Å². The molecule has 5 nitrogen and oxygen atoms in total. The molecule has 0 atom stereocenters. The molecule has 2 rings (SSSR count). The fourth-order valence-corrected chi connectivity index (χ4v) is 2.13. The molecule has 0 bridgehead atoms. The van der Waals surface area contributed by atoms with E-state index in [0.29, 0.717) is 23.2 Å². The molecule has 24 heavy (non-hydrogen) atoms. The molecule has 0 saturated carbocycles. The molecule has 0 aromatic heterocycles. The molecule has 0 unspecified atom stereocenters. The van der Waals surface area contributed by atoms with Crippen LogP contribution < -0.4 is 10.6 Å². The number of phenols is 1. The smallest absolute Gasteiger partial charge is 0.243 e. The van der Waals surface area contributed by atoms with Gasteiger partial charge in [-0.3, -0.25) is 9.59 Å².